The van der Waals surface area contributed by atoms with E-state index in [4.69, 9.17) is 0 Å². The lowest BCUT2D eigenvalue weighted by molar-refractivity contribution is -0.387. The Balaban J connectivity index is 1.53. The van der Waals surface area contributed by atoms with Crippen molar-refractivity contribution < 1.29 is 18.1 Å². The standard InChI is InChI=1S/C24H32N4O5S/c1-18(2)16-20-8-10-21(11-9-20)19(3)25-24(29)17-26-12-14-27(15-13-26)34(32,33)23-7-5-4-6-22(23)28(30)31/h4-11,18-19H,12-17H2,1-3H3,(H,25,29). The molecule has 2 aromatic carbocycles. The van der Waals surface area contributed by atoms with Gasteiger partial charge in [0.25, 0.3) is 5.69 Å². The normalized spacial score (nSPS) is 16.4. The van der Waals surface area contributed by atoms with E-state index in [0.717, 1.165) is 12.0 Å². The Hall–Kier alpha value is -2.82. The molecule has 184 valence electrons. The summed E-state index contributed by atoms with van der Waals surface area (Å²) in [4.78, 5) is 24.7. The van der Waals surface area contributed by atoms with Gasteiger partial charge in [-0.05, 0) is 36.5 Å². The van der Waals surface area contributed by atoms with Crippen molar-refractivity contribution in [1.82, 2.24) is 14.5 Å². The van der Waals surface area contributed by atoms with Crippen molar-refractivity contribution in [1.29, 1.82) is 0 Å². The number of hydrogen-bond acceptors (Lipinski definition) is 6. The van der Waals surface area contributed by atoms with Crippen molar-refractivity contribution in [2.24, 2.45) is 5.92 Å². The first-order valence-corrected chi connectivity index (χ1v) is 12.9. The van der Waals surface area contributed by atoms with Crippen LogP contribution in [0.5, 0.6) is 0 Å². The number of nitro groups is 1. The zero-order valence-electron chi connectivity index (χ0n) is 19.8. The van der Waals surface area contributed by atoms with Crippen LogP contribution in [0.2, 0.25) is 0 Å². The van der Waals surface area contributed by atoms with Gasteiger partial charge in [-0.25, -0.2) is 8.42 Å². The summed E-state index contributed by atoms with van der Waals surface area (Å²) in [5, 5.41) is 14.2. The lowest BCUT2D eigenvalue weighted by atomic mass is 10.00. The average Bonchev–Trinajstić information content (AvgIpc) is 2.79. The number of carbonyl (C=O) groups is 1. The molecule has 1 amide bonds. The number of nitrogens with zero attached hydrogens (tertiary/aromatic N) is 3. The Kier molecular flexibility index (Phi) is 8.40. The van der Waals surface area contributed by atoms with E-state index in [1.165, 1.54) is 34.1 Å². The zero-order chi connectivity index (χ0) is 24.9. The molecule has 0 bridgehead atoms. The second-order valence-corrected chi connectivity index (χ2v) is 10.9. The van der Waals surface area contributed by atoms with E-state index < -0.39 is 20.6 Å². The van der Waals surface area contributed by atoms with Crippen molar-refractivity contribution in [2.75, 3.05) is 32.7 Å². The van der Waals surface area contributed by atoms with Crippen LogP contribution in [-0.4, -0.2) is 61.2 Å². The van der Waals surface area contributed by atoms with Gasteiger partial charge in [0.2, 0.25) is 15.9 Å². The lowest BCUT2D eigenvalue weighted by Gasteiger charge is -2.33. The molecule has 1 saturated heterocycles. The molecule has 1 aliphatic rings. The molecule has 3 rings (SSSR count). The smallest absolute Gasteiger partial charge is 0.289 e. The highest BCUT2D eigenvalue weighted by Crippen LogP contribution is 2.27. The molecule has 0 saturated carbocycles. The van der Waals surface area contributed by atoms with Gasteiger partial charge >= 0.3 is 0 Å². The summed E-state index contributed by atoms with van der Waals surface area (Å²) in [6.45, 7) is 7.51. The quantitative estimate of drug-likeness (QED) is 0.429. The molecule has 1 N–H and O–H groups in total. The largest absolute Gasteiger partial charge is 0.348 e. The Morgan fingerprint density at radius 2 is 1.65 bits per heavy atom. The summed E-state index contributed by atoms with van der Waals surface area (Å²) in [5.41, 5.74) is 1.86. The van der Waals surface area contributed by atoms with Crippen molar-refractivity contribution in [3.63, 3.8) is 0 Å². The molecule has 1 fully saturated rings. The molecule has 1 heterocycles. The van der Waals surface area contributed by atoms with Crippen molar-refractivity contribution >= 4 is 21.6 Å². The van der Waals surface area contributed by atoms with Gasteiger partial charge in [-0.2, -0.15) is 4.31 Å². The Bertz CT molecular complexity index is 1110. The Morgan fingerprint density at radius 3 is 2.24 bits per heavy atom. The van der Waals surface area contributed by atoms with E-state index in [9.17, 15) is 23.3 Å². The molecule has 1 unspecified atom stereocenters. The zero-order valence-corrected chi connectivity index (χ0v) is 20.6. The van der Waals surface area contributed by atoms with Gasteiger partial charge in [0.15, 0.2) is 4.90 Å². The predicted octanol–water partition coefficient (Wildman–Crippen LogP) is 2.98. The summed E-state index contributed by atoms with van der Waals surface area (Å²) >= 11 is 0. The van der Waals surface area contributed by atoms with Crippen molar-refractivity contribution in [2.45, 2.75) is 38.1 Å². The van der Waals surface area contributed by atoms with Crippen LogP contribution >= 0.6 is 0 Å². The first-order chi connectivity index (χ1) is 16.1. The summed E-state index contributed by atoms with van der Waals surface area (Å²) in [6.07, 6.45) is 1.01. The van der Waals surface area contributed by atoms with Crippen LogP contribution in [0.4, 0.5) is 5.69 Å². The fraction of sp³-hybridized carbons (Fsp3) is 0.458. The number of nitrogens with one attached hydrogen (secondary N) is 1. The number of carbonyl (C=O) groups excluding carboxylic acids is 1. The van der Waals surface area contributed by atoms with Gasteiger partial charge in [0.1, 0.15) is 0 Å². The van der Waals surface area contributed by atoms with Crippen molar-refractivity contribution in [3.05, 3.63) is 69.8 Å². The minimum absolute atomic E-state index is 0.131. The maximum absolute atomic E-state index is 13.0. The monoisotopic (exact) mass is 488 g/mol. The lowest BCUT2D eigenvalue weighted by Crippen LogP contribution is -2.51. The fourth-order valence-electron chi connectivity index (χ4n) is 4.08. The summed E-state index contributed by atoms with van der Waals surface area (Å²) in [7, 11) is -3.99. The summed E-state index contributed by atoms with van der Waals surface area (Å²) in [6, 6.07) is 13.5. The Labute approximate surface area is 201 Å². The number of nitro benzene ring substituents is 1. The third-order valence-electron chi connectivity index (χ3n) is 5.88. The highest BCUT2D eigenvalue weighted by atomic mass is 32.2. The van der Waals surface area contributed by atoms with Crippen LogP contribution in [0.25, 0.3) is 0 Å². The first kappa shape index (κ1) is 25.8. The molecule has 0 aromatic heterocycles. The van der Waals surface area contributed by atoms with E-state index in [1.807, 2.05) is 24.0 Å². The van der Waals surface area contributed by atoms with E-state index in [2.05, 4.69) is 31.3 Å². The SMILES string of the molecule is CC(C)Cc1ccc(C(C)NC(=O)CN2CCN(S(=O)(=O)c3ccccc3[N+](=O)[O-])CC2)cc1. The van der Waals surface area contributed by atoms with Gasteiger partial charge < -0.3 is 5.32 Å². The van der Waals surface area contributed by atoms with E-state index in [1.54, 1.807) is 0 Å². The van der Waals surface area contributed by atoms with E-state index in [0.29, 0.717) is 19.0 Å². The van der Waals surface area contributed by atoms with Crippen LogP contribution in [0.15, 0.2) is 53.4 Å². The molecular formula is C24H32N4O5S. The average molecular weight is 489 g/mol. The maximum Gasteiger partial charge on any atom is 0.289 e. The van der Waals surface area contributed by atoms with Crippen LogP contribution < -0.4 is 5.32 Å². The predicted molar refractivity (Wildman–Crippen MR) is 130 cm³/mol. The number of piperazine rings is 1. The van der Waals surface area contributed by atoms with E-state index in [-0.39, 0.29) is 36.5 Å². The van der Waals surface area contributed by atoms with Gasteiger partial charge in [-0.15, -0.1) is 0 Å². The van der Waals surface area contributed by atoms with Crippen LogP contribution in [-0.2, 0) is 21.2 Å². The highest BCUT2D eigenvalue weighted by molar-refractivity contribution is 7.89. The number of rotatable bonds is 9. The molecule has 0 aliphatic carbocycles. The first-order valence-electron chi connectivity index (χ1n) is 11.4. The topological polar surface area (TPSA) is 113 Å². The number of sulfonamides is 1. The third kappa shape index (κ3) is 6.40. The number of amides is 1. The second-order valence-electron chi connectivity index (χ2n) is 9.03. The van der Waals surface area contributed by atoms with E-state index >= 15 is 0 Å². The molecule has 9 nitrogen and oxygen atoms in total. The van der Waals surface area contributed by atoms with Gasteiger partial charge in [-0.3, -0.25) is 19.8 Å². The van der Waals surface area contributed by atoms with Gasteiger partial charge in [0.05, 0.1) is 17.5 Å². The molecule has 34 heavy (non-hydrogen) atoms. The second kappa shape index (κ2) is 11.1. The summed E-state index contributed by atoms with van der Waals surface area (Å²) in [5.74, 6) is 0.454. The van der Waals surface area contributed by atoms with Crippen LogP contribution in [0.3, 0.4) is 0 Å². The minimum atomic E-state index is -3.99. The number of benzene rings is 2. The Morgan fingerprint density at radius 1 is 1.03 bits per heavy atom. The molecule has 10 heteroatoms. The molecule has 0 radical (unpaired) electrons. The molecular weight excluding hydrogens is 456 g/mol. The van der Waals surface area contributed by atoms with Gasteiger partial charge in [-0.1, -0.05) is 50.2 Å². The number of para-hydroxylation sites is 1. The molecule has 0 spiro atoms. The maximum atomic E-state index is 13.0. The molecule has 1 aliphatic heterocycles. The summed E-state index contributed by atoms with van der Waals surface area (Å²) < 4.78 is 27.1. The molecule has 1 atom stereocenters. The number of hydrogen-bond donors (Lipinski definition) is 1. The highest BCUT2D eigenvalue weighted by Gasteiger charge is 2.33. The third-order valence-corrected chi connectivity index (χ3v) is 7.83. The van der Waals surface area contributed by atoms with Crippen molar-refractivity contribution in [3.8, 4) is 0 Å². The van der Waals surface area contributed by atoms with Crippen LogP contribution in [0, 0.1) is 16.0 Å². The minimum Gasteiger partial charge on any atom is -0.348 e. The molecule has 2 aromatic rings. The van der Waals surface area contributed by atoms with Gasteiger partial charge in [0, 0.05) is 32.2 Å². The van der Waals surface area contributed by atoms with Crippen LogP contribution in [0.1, 0.15) is 37.9 Å². The fourth-order valence-corrected chi connectivity index (χ4v) is 5.66.